The molecule has 0 aromatic heterocycles. The van der Waals surface area contributed by atoms with E-state index in [1.807, 2.05) is 0 Å². The molecule has 5 heteroatoms. The highest BCUT2D eigenvalue weighted by Crippen LogP contribution is 2.34. The van der Waals surface area contributed by atoms with Gasteiger partial charge in [-0.05, 0) is 31.8 Å². The van der Waals surface area contributed by atoms with Crippen molar-refractivity contribution in [1.29, 1.82) is 0 Å². The summed E-state index contributed by atoms with van der Waals surface area (Å²) >= 11 is 0. The first kappa shape index (κ1) is 11.2. The maximum Gasteiger partial charge on any atom is 0.250 e. The van der Waals surface area contributed by atoms with Crippen LogP contribution < -0.4 is 11.1 Å². The van der Waals surface area contributed by atoms with Gasteiger partial charge in [0.05, 0.1) is 6.54 Å². The molecule has 3 aliphatic heterocycles. The molecule has 3 nitrogen and oxygen atoms in total. The van der Waals surface area contributed by atoms with Crippen LogP contribution in [0.3, 0.4) is 0 Å². The maximum atomic E-state index is 12.2. The van der Waals surface area contributed by atoms with Gasteiger partial charge in [-0.3, -0.25) is 0 Å². The number of rotatable bonds is 4. The van der Waals surface area contributed by atoms with Gasteiger partial charge in [0.15, 0.2) is 0 Å². The van der Waals surface area contributed by atoms with Gasteiger partial charge < -0.3 is 16.0 Å². The molecule has 0 radical (unpaired) electrons. The fraction of sp³-hybridized carbons (Fsp3) is 1.00. The predicted molar refractivity (Wildman–Crippen MR) is 55.0 cm³/mol. The standard InChI is InChI=1S/C10H19F2N3/c11-9(12)5-14-10(6-13)7-15-3-1-8(10)2-4-15/h8-9,14H,1-7,13H2. The van der Waals surface area contributed by atoms with Crippen LogP contribution in [0.4, 0.5) is 8.78 Å². The van der Waals surface area contributed by atoms with E-state index in [0.29, 0.717) is 12.5 Å². The molecular formula is C10H19F2N3. The molecule has 2 bridgehead atoms. The number of nitrogens with zero attached hydrogens (tertiary/aromatic N) is 1. The summed E-state index contributed by atoms with van der Waals surface area (Å²) in [6.07, 6.45) is -0.107. The third kappa shape index (κ3) is 2.14. The van der Waals surface area contributed by atoms with Crippen molar-refractivity contribution >= 4 is 0 Å². The first-order valence-corrected chi connectivity index (χ1v) is 5.62. The molecule has 0 spiro atoms. The third-order valence-electron chi connectivity index (χ3n) is 3.85. The van der Waals surface area contributed by atoms with E-state index in [4.69, 9.17) is 5.73 Å². The summed E-state index contributed by atoms with van der Waals surface area (Å²) in [4.78, 5) is 2.32. The van der Waals surface area contributed by atoms with Crippen LogP contribution in [0, 0.1) is 5.92 Å². The van der Waals surface area contributed by atoms with Crippen LogP contribution in [0.2, 0.25) is 0 Å². The lowest BCUT2D eigenvalue weighted by Crippen LogP contribution is -2.69. The maximum absolute atomic E-state index is 12.2. The minimum Gasteiger partial charge on any atom is -0.329 e. The van der Waals surface area contributed by atoms with E-state index < -0.39 is 6.43 Å². The van der Waals surface area contributed by atoms with Crippen molar-refractivity contribution in [3.63, 3.8) is 0 Å². The third-order valence-corrected chi connectivity index (χ3v) is 3.85. The van der Waals surface area contributed by atoms with Crippen molar-refractivity contribution in [2.45, 2.75) is 24.8 Å². The van der Waals surface area contributed by atoms with Crippen molar-refractivity contribution in [3.05, 3.63) is 0 Å². The van der Waals surface area contributed by atoms with Crippen LogP contribution in [-0.4, -0.2) is 49.6 Å². The Kier molecular flexibility index (Phi) is 3.23. The summed E-state index contributed by atoms with van der Waals surface area (Å²) < 4.78 is 24.4. The number of fused-ring (bicyclic) bond motifs is 3. The predicted octanol–water partition coefficient (Wildman–Crippen LogP) is 0.264. The van der Waals surface area contributed by atoms with Gasteiger partial charge in [0.1, 0.15) is 0 Å². The van der Waals surface area contributed by atoms with E-state index in [1.165, 1.54) is 0 Å². The molecular weight excluding hydrogens is 200 g/mol. The van der Waals surface area contributed by atoms with Crippen LogP contribution in [0.15, 0.2) is 0 Å². The summed E-state index contributed by atoms with van der Waals surface area (Å²) in [5.41, 5.74) is 5.52. The Hall–Kier alpha value is -0.260. The van der Waals surface area contributed by atoms with E-state index in [9.17, 15) is 8.78 Å². The van der Waals surface area contributed by atoms with E-state index in [-0.39, 0.29) is 12.1 Å². The van der Waals surface area contributed by atoms with Crippen LogP contribution in [0.25, 0.3) is 0 Å². The second kappa shape index (κ2) is 4.31. The molecule has 0 amide bonds. The van der Waals surface area contributed by atoms with Crippen LogP contribution in [0.5, 0.6) is 0 Å². The summed E-state index contributed by atoms with van der Waals surface area (Å²) in [6.45, 7) is 3.26. The fourth-order valence-corrected chi connectivity index (χ4v) is 2.96. The Morgan fingerprint density at radius 2 is 2.07 bits per heavy atom. The molecule has 3 heterocycles. The molecule has 3 saturated heterocycles. The monoisotopic (exact) mass is 219 g/mol. The molecule has 0 aliphatic carbocycles. The highest BCUT2D eigenvalue weighted by atomic mass is 19.3. The van der Waals surface area contributed by atoms with E-state index in [1.54, 1.807) is 0 Å². The zero-order valence-electron chi connectivity index (χ0n) is 8.88. The zero-order valence-corrected chi connectivity index (χ0v) is 8.88. The fourth-order valence-electron chi connectivity index (χ4n) is 2.96. The van der Waals surface area contributed by atoms with Crippen LogP contribution >= 0.6 is 0 Å². The molecule has 3 N–H and O–H groups in total. The Bertz CT molecular complexity index is 217. The Morgan fingerprint density at radius 1 is 1.40 bits per heavy atom. The van der Waals surface area contributed by atoms with Gasteiger partial charge in [-0.25, -0.2) is 8.78 Å². The molecule has 3 aliphatic rings. The van der Waals surface area contributed by atoms with Gasteiger partial charge in [-0.1, -0.05) is 0 Å². The van der Waals surface area contributed by atoms with Gasteiger partial charge in [-0.2, -0.15) is 0 Å². The van der Waals surface area contributed by atoms with Crippen LogP contribution in [0.1, 0.15) is 12.8 Å². The lowest BCUT2D eigenvalue weighted by molar-refractivity contribution is 0.00126. The number of alkyl halides is 2. The molecule has 15 heavy (non-hydrogen) atoms. The lowest BCUT2D eigenvalue weighted by Gasteiger charge is -2.53. The van der Waals surface area contributed by atoms with Gasteiger partial charge in [-0.15, -0.1) is 0 Å². The lowest BCUT2D eigenvalue weighted by atomic mass is 9.73. The average molecular weight is 219 g/mol. The normalized spacial score (nSPS) is 40.0. The molecule has 1 unspecified atom stereocenters. The molecule has 3 fully saturated rings. The Labute approximate surface area is 89.0 Å². The topological polar surface area (TPSA) is 41.3 Å². The summed E-state index contributed by atoms with van der Waals surface area (Å²) in [7, 11) is 0. The van der Waals surface area contributed by atoms with Crippen molar-refractivity contribution < 1.29 is 8.78 Å². The Balaban J connectivity index is 2.01. The summed E-state index contributed by atoms with van der Waals surface area (Å²) in [6, 6.07) is 0. The Morgan fingerprint density at radius 3 is 2.47 bits per heavy atom. The minimum atomic E-state index is -2.29. The molecule has 0 aromatic rings. The van der Waals surface area contributed by atoms with Crippen molar-refractivity contribution in [3.8, 4) is 0 Å². The van der Waals surface area contributed by atoms with Gasteiger partial charge >= 0.3 is 0 Å². The van der Waals surface area contributed by atoms with Gasteiger partial charge in [0.25, 0.3) is 6.43 Å². The molecule has 0 aromatic carbocycles. The zero-order chi connectivity index (χ0) is 10.9. The molecule has 3 rings (SSSR count). The quantitative estimate of drug-likeness (QED) is 0.713. The highest BCUT2D eigenvalue weighted by molar-refractivity contribution is 5.04. The van der Waals surface area contributed by atoms with Crippen molar-refractivity contribution in [2.24, 2.45) is 11.7 Å². The minimum absolute atomic E-state index is 0.235. The molecule has 88 valence electrons. The number of piperidine rings is 3. The van der Waals surface area contributed by atoms with E-state index >= 15 is 0 Å². The second-order valence-electron chi connectivity index (χ2n) is 4.68. The van der Waals surface area contributed by atoms with Gasteiger partial charge in [0, 0.05) is 18.6 Å². The number of halogens is 2. The average Bonchev–Trinajstić information content (AvgIpc) is 2.28. The second-order valence-corrected chi connectivity index (χ2v) is 4.68. The van der Waals surface area contributed by atoms with E-state index in [2.05, 4.69) is 10.2 Å². The smallest absolute Gasteiger partial charge is 0.250 e. The van der Waals surface area contributed by atoms with Crippen LogP contribution in [-0.2, 0) is 0 Å². The highest BCUT2D eigenvalue weighted by Gasteiger charge is 2.45. The van der Waals surface area contributed by atoms with Crippen molar-refractivity contribution in [1.82, 2.24) is 10.2 Å². The molecule has 0 saturated carbocycles. The molecule has 1 atom stereocenters. The van der Waals surface area contributed by atoms with E-state index in [0.717, 1.165) is 32.5 Å². The first-order chi connectivity index (χ1) is 7.16. The van der Waals surface area contributed by atoms with Gasteiger partial charge in [0.2, 0.25) is 0 Å². The SMILES string of the molecule is NCC1(NCC(F)F)CN2CCC1CC2. The summed E-state index contributed by atoms with van der Waals surface area (Å²) in [5, 5.41) is 3.00. The number of nitrogens with two attached hydrogens (primary N) is 1. The summed E-state index contributed by atoms with van der Waals surface area (Å²) in [5.74, 6) is 0.478. The number of hydrogen-bond acceptors (Lipinski definition) is 3. The van der Waals surface area contributed by atoms with Crippen molar-refractivity contribution in [2.75, 3.05) is 32.7 Å². The largest absolute Gasteiger partial charge is 0.329 e. The number of nitrogens with one attached hydrogen (secondary N) is 1. The number of hydrogen-bond donors (Lipinski definition) is 2. The first-order valence-electron chi connectivity index (χ1n) is 5.62.